The number of aromatic nitrogens is 2. The molecule has 5 aromatic rings. The predicted octanol–water partition coefficient (Wildman–Crippen LogP) is 6.46. The van der Waals surface area contributed by atoms with Gasteiger partial charge in [0.05, 0.1) is 16.8 Å². The van der Waals surface area contributed by atoms with E-state index >= 15 is 0 Å². The summed E-state index contributed by atoms with van der Waals surface area (Å²) in [4.78, 5) is 20.3. The summed E-state index contributed by atoms with van der Waals surface area (Å²) in [6, 6.07) is 16.4. The fourth-order valence-electron chi connectivity index (χ4n) is 4.50. The van der Waals surface area contributed by atoms with Gasteiger partial charge in [-0.05, 0) is 67.5 Å². The molecule has 0 saturated heterocycles. The molecule has 0 saturated carbocycles. The summed E-state index contributed by atoms with van der Waals surface area (Å²) in [6.45, 7) is 3.75. The second-order valence-corrected chi connectivity index (χ2v) is 12.4. The summed E-state index contributed by atoms with van der Waals surface area (Å²) < 4.78 is 40.4. The molecule has 1 amide bonds. The number of rotatable bonds is 11. The number of oxazole rings is 1. The number of carbonyl (C=O) groups is 1. The highest BCUT2D eigenvalue weighted by Crippen LogP contribution is 2.34. The van der Waals surface area contributed by atoms with E-state index in [2.05, 4.69) is 20.9 Å². The van der Waals surface area contributed by atoms with Crippen LogP contribution >= 0.6 is 11.3 Å². The average molecular weight is 591 g/mol. The van der Waals surface area contributed by atoms with Crippen LogP contribution in [0.3, 0.4) is 0 Å². The topological polar surface area (TPSA) is 119 Å². The van der Waals surface area contributed by atoms with Gasteiger partial charge in [-0.15, -0.1) is 11.3 Å². The lowest BCUT2D eigenvalue weighted by Gasteiger charge is -2.21. The van der Waals surface area contributed by atoms with Crippen LogP contribution in [0.1, 0.15) is 34.5 Å². The van der Waals surface area contributed by atoms with Crippen LogP contribution in [0.2, 0.25) is 0 Å². The van der Waals surface area contributed by atoms with Crippen LogP contribution in [-0.4, -0.2) is 36.4 Å². The molecular weight excluding hydrogens is 560 g/mol. The summed E-state index contributed by atoms with van der Waals surface area (Å²) in [5.74, 6) is 0.513. The van der Waals surface area contributed by atoms with Crippen molar-refractivity contribution < 1.29 is 22.2 Å². The maximum absolute atomic E-state index is 13.6. The highest BCUT2D eigenvalue weighted by molar-refractivity contribution is 7.92. The van der Waals surface area contributed by atoms with Crippen LogP contribution in [0.4, 0.5) is 5.88 Å². The van der Waals surface area contributed by atoms with Crippen molar-refractivity contribution in [3.63, 3.8) is 0 Å². The number of nitrogens with one attached hydrogen (secondary N) is 1. The van der Waals surface area contributed by atoms with Crippen molar-refractivity contribution in [2.24, 2.45) is 0 Å². The molecule has 0 radical (unpaired) electrons. The Labute approximate surface area is 242 Å². The van der Waals surface area contributed by atoms with Gasteiger partial charge in [0.1, 0.15) is 6.26 Å². The molecule has 212 valence electrons. The summed E-state index contributed by atoms with van der Waals surface area (Å²) in [7, 11) is -2.29. The molecule has 0 fully saturated rings. The van der Waals surface area contributed by atoms with E-state index in [1.54, 1.807) is 67.6 Å². The number of nitrogens with zero attached hydrogens (tertiary/aromatic N) is 3. The summed E-state index contributed by atoms with van der Waals surface area (Å²) in [5, 5.41) is 5.89. The summed E-state index contributed by atoms with van der Waals surface area (Å²) in [5.41, 5.74) is 3.85. The van der Waals surface area contributed by atoms with Crippen LogP contribution in [0.25, 0.3) is 22.6 Å². The molecule has 3 aromatic heterocycles. The largest absolute Gasteiger partial charge is 0.445 e. The van der Waals surface area contributed by atoms with E-state index in [1.165, 1.54) is 11.1 Å². The van der Waals surface area contributed by atoms with E-state index in [0.29, 0.717) is 34.7 Å². The third-order valence-electron chi connectivity index (χ3n) is 6.86. The minimum Gasteiger partial charge on any atom is -0.445 e. The van der Waals surface area contributed by atoms with Gasteiger partial charge in [-0.1, -0.05) is 35.5 Å². The first-order chi connectivity index (χ1) is 19.7. The Morgan fingerprint density at radius 3 is 2.61 bits per heavy atom. The number of amides is 1. The lowest BCUT2D eigenvalue weighted by molar-refractivity contribution is -0.130. The number of anilines is 1. The Hall–Kier alpha value is -4.22. The van der Waals surface area contributed by atoms with Crippen LogP contribution < -0.4 is 4.72 Å². The van der Waals surface area contributed by atoms with Gasteiger partial charge >= 0.3 is 0 Å². The van der Waals surface area contributed by atoms with E-state index in [-0.39, 0.29) is 23.2 Å². The molecule has 0 spiro atoms. The molecule has 0 aliphatic carbocycles. The zero-order chi connectivity index (χ0) is 29.0. The van der Waals surface area contributed by atoms with Crippen molar-refractivity contribution in [3.05, 3.63) is 94.1 Å². The van der Waals surface area contributed by atoms with Crippen LogP contribution in [0.15, 0.2) is 86.3 Å². The smallest absolute Gasteiger partial charge is 0.264 e. The van der Waals surface area contributed by atoms with Gasteiger partial charge in [-0.2, -0.15) is 0 Å². The SMILES string of the molecule is Cc1noc(NS(=O)(=O)c2ccccc2-c2ccc(-c3ncco3)cc2CN(C)C(=O)CCCc2cccs2)c1C. The summed E-state index contributed by atoms with van der Waals surface area (Å²) in [6.07, 6.45) is 5.07. The summed E-state index contributed by atoms with van der Waals surface area (Å²) >= 11 is 1.69. The van der Waals surface area contributed by atoms with Crippen molar-refractivity contribution >= 4 is 33.2 Å². The van der Waals surface area contributed by atoms with E-state index in [0.717, 1.165) is 24.0 Å². The predicted molar refractivity (Wildman–Crippen MR) is 158 cm³/mol. The van der Waals surface area contributed by atoms with Crippen molar-refractivity contribution in [1.82, 2.24) is 15.0 Å². The molecule has 0 bridgehead atoms. The van der Waals surface area contributed by atoms with E-state index in [1.807, 2.05) is 29.6 Å². The highest BCUT2D eigenvalue weighted by atomic mass is 32.2. The third-order valence-corrected chi connectivity index (χ3v) is 9.19. The monoisotopic (exact) mass is 590 g/mol. The molecule has 5 rings (SSSR count). The Balaban J connectivity index is 1.47. The standard InChI is InChI=1S/C30H30N4O5S2/c1-20-21(2)32-39-29(20)33-41(36,37)27-11-5-4-10-26(27)25-14-13-22(30-31-15-16-38-30)18-23(25)19-34(3)28(35)12-6-8-24-9-7-17-40-24/h4-5,7,9-11,13-18,33H,6,8,12,19H2,1-3H3. The lowest BCUT2D eigenvalue weighted by Crippen LogP contribution is -2.26. The van der Waals surface area contributed by atoms with Crippen molar-refractivity contribution in [2.75, 3.05) is 11.8 Å². The zero-order valence-corrected chi connectivity index (χ0v) is 24.6. The molecule has 0 aliphatic rings. The molecule has 9 nitrogen and oxygen atoms in total. The molecule has 0 unspecified atom stereocenters. The van der Waals surface area contributed by atoms with Crippen molar-refractivity contribution in [1.29, 1.82) is 0 Å². The molecule has 11 heteroatoms. The molecule has 0 aliphatic heterocycles. The molecule has 2 aromatic carbocycles. The Bertz CT molecular complexity index is 1740. The Kier molecular flexibility index (Phi) is 8.36. The second-order valence-electron chi connectivity index (χ2n) is 9.72. The van der Waals surface area contributed by atoms with Crippen molar-refractivity contribution in [3.8, 4) is 22.6 Å². The fourth-order valence-corrected chi connectivity index (χ4v) is 6.52. The second kappa shape index (κ2) is 12.1. The molecule has 1 N–H and O–H groups in total. The third kappa shape index (κ3) is 6.41. The number of aryl methyl sites for hydroxylation is 2. The molecule has 0 atom stereocenters. The van der Waals surface area contributed by atoms with E-state index in [9.17, 15) is 13.2 Å². The van der Waals surface area contributed by atoms with E-state index in [4.69, 9.17) is 8.94 Å². The van der Waals surface area contributed by atoms with Gasteiger partial charge in [-0.25, -0.2) is 18.1 Å². The van der Waals surface area contributed by atoms with Gasteiger partial charge in [0.2, 0.25) is 17.7 Å². The minimum atomic E-state index is -4.04. The maximum Gasteiger partial charge on any atom is 0.264 e. The first kappa shape index (κ1) is 28.3. The number of carbonyl (C=O) groups excluding carboxylic acids is 1. The van der Waals surface area contributed by atoms with Gasteiger partial charge in [0.15, 0.2) is 0 Å². The van der Waals surface area contributed by atoms with Crippen LogP contribution in [0.5, 0.6) is 0 Å². The number of sulfonamides is 1. The Morgan fingerprint density at radius 2 is 1.90 bits per heavy atom. The van der Waals surface area contributed by atoms with Gasteiger partial charge in [0.25, 0.3) is 10.0 Å². The molecule has 41 heavy (non-hydrogen) atoms. The molecule has 3 heterocycles. The zero-order valence-electron chi connectivity index (χ0n) is 23.0. The highest BCUT2D eigenvalue weighted by Gasteiger charge is 2.24. The number of hydrogen-bond donors (Lipinski definition) is 1. The minimum absolute atomic E-state index is 0.00719. The first-order valence-electron chi connectivity index (χ1n) is 13.1. The molecular formula is C30H30N4O5S2. The van der Waals surface area contributed by atoms with Gasteiger partial charge in [-0.3, -0.25) is 4.79 Å². The maximum atomic E-state index is 13.6. The fraction of sp³-hybridized carbons (Fsp3) is 0.233. The number of hydrogen-bond acceptors (Lipinski definition) is 8. The van der Waals surface area contributed by atoms with Gasteiger partial charge in [0, 0.05) is 41.6 Å². The Morgan fingerprint density at radius 1 is 1.07 bits per heavy atom. The lowest BCUT2D eigenvalue weighted by atomic mass is 9.96. The first-order valence-corrected chi connectivity index (χ1v) is 15.4. The van der Waals surface area contributed by atoms with Gasteiger partial charge < -0.3 is 13.8 Å². The van der Waals surface area contributed by atoms with Crippen LogP contribution in [-0.2, 0) is 27.8 Å². The quantitative estimate of drug-likeness (QED) is 0.188. The number of thiophene rings is 1. The average Bonchev–Trinajstić information content (AvgIpc) is 3.74. The van der Waals surface area contributed by atoms with E-state index < -0.39 is 10.0 Å². The van der Waals surface area contributed by atoms with Crippen molar-refractivity contribution in [2.45, 2.75) is 44.6 Å². The normalized spacial score (nSPS) is 11.5. The van der Waals surface area contributed by atoms with Crippen LogP contribution in [0, 0.1) is 13.8 Å². The number of benzene rings is 2.